The van der Waals surface area contributed by atoms with Crippen LogP contribution in [-0.2, 0) is 0 Å². The van der Waals surface area contributed by atoms with E-state index < -0.39 is 0 Å². The fourth-order valence-corrected chi connectivity index (χ4v) is 3.21. The van der Waals surface area contributed by atoms with Crippen LogP contribution >= 0.6 is 22.6 Å². The molecule has 0 amide bonds. The third-order valence-corrected chi connectivity index (χ3v) is 4.46. The molecule has 86 valence electrons. The van der Waals surface area contributed by atoms with Crippen molar-refractivity contribution in [2.24, 2.45) is 0 Å². The fourth-order valence-electron chi connectivity index (χ4n) is 2.74. The lowest BCUT2D eigenvalue weighted by molar-refractivity contribution is 0.499. The highest BCUT2D eigenvalue weighted by Crippen LogP contribution is 2.40. The van der Waals surface area contributed by atoms with Gasteiger partial charge in [0.25, 0.3) is 0 Å². The second-order valence-electron chi connectivity index (χ2n) is 4.78. The maximum Gasteiger partial charge on any atom is 0.138 e. The van der Waals surface area contributed by atoms with E-state index in [0.29, 0.717) is 3.57 Å². The SMILES string of the molecule is Fc1cc2c(cc1I)NCC1(CCCC1)N2. The number of halogens is 2. The molecule has 1 saturated carbocycles. The van der Waals surface area contributed by atoms with E-state index in [0.717, 1.165) is 17.9 Å². The highest BCUT2D eigenvalue weighted by molar-refractivity contribution is 14.1. The monoisotopic (exact) mass is 332 g/mol. The molecule has 1 aromatic carbocycles. The van der Waals surface area contributed by atoms with Crippen LogP contribution < -0.4 is 10.6 Å². The average Bonchev–Trinajstić information content (AvgIpc) is 2.69. The lowest BCUT2D eigenvalue weighted by atomic mass is 9.94. The van der Waals surface area contributed by atoms with Crippen LogP contribution in [0.25, 0.3) is 0 Å². The zero-order valence-electron chi connectivity index (χ0n) is 8.95. The topological polar surface area (TPSA) is 24.1 Å². The van der Waals surface area contributed by atoms with Crippen molar-refractivity contribution in [1.29, 1.82) is 0 Å². The Morgan fingerprint density at radius 1 is 1.19 bits per heavy atom. The Balaban J connectivity index is 1.96. The number of hydrogen-bond donors (Lipinski definition) is 2. The number of hydrogen-bond acceptors (Lipinski definition) is 2. The second kappa shape index (κ2) is 3.75. The maximum atomic E-state index is 13.5. The van der Waals surface area contributed by atoms with E-state index in [-0.39, 0.29) is 11.4 Å². The molecule has 2 N–H and O–H groups in total. The first-order valence-corrected chi connectivity index (χ1v) is 6.78. The van der Waals surface area contributed by atoms with Crippen LogP contribution in [0.5, 0.6) is 0 Å². The molecule has 1 heterocycles. The van der Waals surface area contributed by atoms with Gasteiger partial charge in [-0.3, -0.25) is 0 Å². The minimum atomic E-state index is -0.135. The number of fused-ring (bicyclic) bond motifs is 1. The number of rotatable bonds is 0. The highest BCUT2D eigenvalue weighted by atomic mass is 127. The largest absolute Gasteiger partial charge is 0.381 e. The van der Waals surface area contributed by atoms with Crippen LogP contribution in [0.3, 0.4) is 0 Å². The molecule has 3 rings (SSSR count). The third-order valence-electron chi connectivity index (χ3n) is 3.64. The standard InChI is InChI=1S/C12H14FIN2/c13-8-5-11-10(6-9(8)14)15-7-12(16-11)3-1-2-4-12/h5-6,15-16H,1-4,7H2. The smallest absolute Gasteiger partial charge is 0.138 e. The van der Waals surface area contributed by atoms with E-state index in [4.69, 9.17) is 0 Å². The molecule has 0 saturated heterocycles. The first kappa shape index (κ1) is 10.6. The Hall–Kier alpha value is -0.520. The molecule has 2 nitrogen and oxygen atoms in total. The second-order valence-corrected chi connectivity index (χ2v) is 5.94. The number of anilines is 2. The molecule has 2 aliphatic rings. The van der Waals surface area contributed by atoms with Crippen molar-refractivity contribution in [2.45, 2.75) is 31.2 Å². The first-order chi connectivity index (χ1) is 7.69. The predicted octanol–water partition coefficient (Wildman–Crippen LogP) is 3.58. The van der Waals surface area contributed by atoms with Gasteiger partial charge in [-0.15, -0.1) is 0 Å². The van der Waals surface area contributed by atoms with Gasteiger partial charge in [-0.2, -0.15) is 0 Å². The van der Waals surface area contributed by atoms with Crippen molar-refractivity contribution in [3.63, 3.8) is 0 Å². The van der Waals surface area contributed by atoms with E-state index >= 15 is 0 Å². The van der Waals surface area contributed by atoms with Gasteiger partial charge >= 0.3 is 0 Å². The molecule has 0 unspecified atom stereocenters. The number of benzene rings is 1. The molecule has 0 radical (unpaired) electrons. The molecule has 1 fully saturated rings. The van der Waals surface area contributed by atoms with Gasteiger partial charge in [0.2, 0.25) is 0 Å². The molecule has 16 heavy (non-hydrogen) atoms. The van der Waals surface area contributed by atoms with Crippen LogP contribution in [0.15, 0.2) is 12.1 Å². The van der Waals surface area contributed by atoms with Crippen molar-refractivity contribution < 1.29 is 4.39 Å². The Bertz CT molecular complexity index is 427. The van der Waals surface area contributed by atoms with Gasteiger partial charge in [0.15, 0.2) is 0 Å². The minimum absolute atomic E-state index is 0.135. The Morgan fingerprint density at radius 2 is 1.94 bits per heavy atom. The maximum absolute atomic E-state index is 13.5. The van der Waals surface area contributed by atoms with Gasteiger partial charge in [0.1, 0.15) is 5.82 Å². The lowest BCUT2D eigenvalue weighted by Gasteiger charge is -2.37. The average molecular weight is 332 g/mol. The summed E-state index contributed by atoms with van der Waals surface area (Å²) in [5.74, 6) is -0.135. The van der Waals surface area contributed by atoms with Crippen molar-refractivity contribution >= 4 is 34.0 Å². The van der Waals surface area contributed by atoms with Gasteiger partial charge in [-0.1, -0.05) is 12.8 Å². The lowest BCUT2D eigenvalue weighted by Crippen LogP contribution is -2.45. The molecule has 1 aliphatic carbocycles. The zero-order valence-corrected chi connectivity index (χ0v) is 11.1. The molecule has 0 atom stereocenters. The first-order valence-electron chi connectivity index (χ1n) is 5.70. The Kier molecular flexibility index (Phi) is 2.49. The van der Waals surface area contributed by atoms with E-state index in [1.54, 1.807) is 6.07 Å². The minimum Gasteiger partial charge on any atom is -0.381 e. The summed E-state index contributed by atoms with van der Waals surface area (Å²) in [6, 6.07) is 3.49. The normalized spacial score (nSPS) is 21.4. The molecule has 0 aromatic heterocycles. The molecule has 1 aromatic rings. The van der Waals surface area contributed by atoms with Gasteiger partial charge in [0.05, 0.1) is 20.5 Å². The fraction of sp³-hybridized carbons (Fsp3) is 0.500. The summed E-state index contributed by atoms with van der Waals surface area (Å²) in [6.07, 6.45) is 4.92. The zero-order chi connectivity index (χ0) is 11.2. The van der Waals surface area contributed by atoms with Crippen molar-refractivity contribution in [1.82, 2.24) is 0 Å². The Morgan fingerprint density at radius 3 is 2.69 bits per heavy atom. The van der Waals surface area contributed by atoms with Crippen molar-refractivity contribution in [2.75, 3.05) is 17.2 Å². The summed E-state index contributed by atoms with van der Waals surface area (Å²) in [7, 11) is 0. The Labute approximate surface area is 108 Å². The summed E-state index contributed by atoms with van der Waals surface area (Å²) < 4.78 is 14.2. The van der Waals surface area contributed by atoms with Crippen LogP contribution in [0.1, 0.15) is 25.7 Å². The molecular formula is C12H14FIN2. The van der Waals surface area contributed by atoms with Crippen LogP contribution in [0, 0.1) is 9.39 Å². The molecule has 4 heteroatoms. The molecule has 1 spiro atoms. The summed E-state index contributed by atoms with van der Waals surface area (Å²) in [6.45, 7) is 0.960. The van der Waals surface area contributed by atoms with Crippen LogP contribution in [-0.4, -0.2) is 12.1 Å². The van der Waals surface area contributed by atoms with E-state index in [1.807, 2.05) is 28.7 Å². The van der Waals surface area contributed by atoms with E-state index in [2.05, 4.69) is 10.6 Å². The predicted molar refractivity (Wildman–Crippen MR) is 72.4 cm³/mol. The summed E-state index contributed by atoms with van der Waals surface area (Å²) in [5, 5.41) is 6.96. The summed E-state index contributed by atoms with van der Waals surface area (Å²) >= 11 is 2.03. The summed E-state index contributed by atoms with van der Waals surface area (Å²) in [5.41, 5.74) is 2.13. The van der Waals surface area contributed by atoms with Crippen LogP contribution in [0.2, 0.25) is 0 Å². The van der Waals surface area contributed by atoms with E-state index in [9.17, 15) is 4.39 Å². The van der Waals surface area contributed by atoms with Gasteiger partial charge in [-0.05, 0) is 41.5 Å². The molecule has 0 bridgehead atoms. The molecule has 1 aliphatic heterocycles. The van der Waals surface area contributed by atoms with Crippen molar-refractivity contribution in [3.8, 4) is 0 Å². The third kappa shape index (κ3) is 1.67. The van der Waals surface area contributed by atoms with Crippen LogP contribution in [0.4, 0.5) is 15.8 Å². The van der Waals surface area contributed by atoms with Gasteiger partial charge in [-0.25, -0.2) is 4.39 Å². The summed E-state index contributed by atoms with van der Waals surface area (Å²) in [4.78, 5) is 0. The molecular weight excluding hydrogens is 318 g/mol. The quantitative estimate of drug-likeness (QED) is 0.710. The highest BCUT2D eigenvalue weighted by Gasteiger charge is 2.36. The van der Waals surface area contributed by atoms with Gasteiger partial charge in [0, 0.05) is 12.6 Å². The van der Waals surface area contributed by atoms with Crippen molar-refractivity contribution in [3.05, 3.63) is 21.5 Å². The van der Waals surface area contributed by atoms with E-state index in [1.165, 1.54) is 25.7 Å². The van der Waals surface area contributed by atoms with Gasteiger partial charge < -0.3 is 10.6 Å². The number of nitrogens with one attached hydrogen (secondary N) is 2.